The molecule has 0 bridgehead atoms. The molecule has 41 heavy (non-hydrogen) atoms. The Hall–Kier alpha value is -4.95. The molecule has 2 amide bonds. The number of hydrogen-bond donors (Lipinski definition) is 3. The predicted octanol–water partition coefficient (Wildman–Crippen LogP) is 3.29. The van der Waals surface area contributed by atoms with Crippen LogP contribution in [0.4, 0.5) is 17.5 Å². The molecule has 3 atom stereocenters. The quantitative estimate of drug-likeness (QED) is 0.319. The van der Waals surface area contributed by atoms with Crippen LogP contribution < -0.4 is 15.5 Å². The lowest BCUT2D eigenvalue weighted by Crippen LogP contribution is -2.47. The number of aliphatic hydroxyl groups excluding tert-OH is 1. The SMILES string of the molecule is Cc1cc(C)cc(N2c3ncc(C(=O)N[C@H](C)C(=O)Nc4ccnn4C)n3[C@](C)(Cc3ccc(C#N)cc3)C2O)c1. The molecular formula is C30H32N8O3. The third-order valence-electron chi connectivity index (χ3n) is 7.45. The van der Waals surface area contributed by atoms with Gasteiger partial charge in [0.05, 0.1) is 29.6 Å². The topological polar surface area (TPSA) is 141 Å². The molecule has 2 aromatic heterocycles. The number of nitriles is 1. The van der Waals surface area contributed by atoms with E-state index < -0.39 is 29.6 Å². The van der Waals surface area contributed by atoms with Crippen LogP contribution in [0.2, 0.25) is 0 Å². The Balaban J connectivity index is 1.51. The maximum absolute atomic E-state index is 13.6. The molecule has 3 N–H and O–H groups in total. The van der Waals surface area contributed by atoms with Crippen LogP contribution in [-0.4, -0.2) is 48.5 Å². The fraction of sp³-hybridized carbons (Fsp3) is 0.300. The van der Waals surface area contributed by atoms with Gasteiger partial charge in [0, 0.05) is 25.2 Å². The molecule has 0 saturated carbocycles. The summed E-state index contributed by atoms with van der Waals surface area (Å²) in [6.45, 7) is 7.44. The Labute approximate surface area is 238 Å². The van der Waals surface area contributed by atoms with Crippen molar-refractivity contribution < 1.29 is 14.7 Å². The minimum atomic E-state index is -1.07. The van der Waals surface area contributed by atoms with Crippen LogP contribution in [0.5, 0.6) is 0 Å². The molecule has 1 aliphatic heterocycles. The van der Waals surface area contributed by atoms with Crippen molar-refractivity contribution in [2.24, 2.45) is 7.05 Å². The Morgan fingerprint density at radius 3 is 2.44 bits per heavy atom. The number of imidazole rings is 1. The number of carbonyl (C=O) groups is 2. The lowest BCUT2D eigenvalue weighted by Gasteiger charge is -2.33. The standard InChI is InChI=1S/C30H32N8O3/c1-18-12-19(2)14-23(13-18)37-28(41)30(4,15-21-6-8-22(16-31)9-7-21)38-24(17-32-29(37)38)27(40)34-20(3)26(39)35-25-10-11-33-36(25)5/h6-14,17,20,28,41H,15H2,1-5H3,(H,34,40)(H,35,39)/t20-,28?,30-/m1/s1. The number of nitrogens with zero attached hydrogens (tertiary/aromatic N) is 6. The van der Waals surface area contributed by atoms with Gasteiger partial charge in [-0.15, -0.1) is 0 Å². The Morgan fingerprint density at radius 1 is 1.15 bits per heavy atom. The Kier molecular flexibility index (Phi) is 7.11. The monoisotopic (exact) mass is 552 g/mol. The lowest BCUT2D eigenvalue weighted by atomic mass is 9.90. The molecule has 11 nitrogen and oxygen atoms in total. The maximum atomic E-state index is 13.6. The minimum Gasteiger partial charge on any atom is -0.371 e. The zero-order valence-corrected chi connectivity index (χ0v) is 23.6. The molecule has 1 aliphatic rings. The second-order valence-electron chi connectivity index (χ2n) is 10.7. The Morgan fingerprint density at radius 2 is 1.83 bits per heavy atom. The summed E-state index contributed by atoms with van der Waals surface area (Å²) in [5.41, 5.74) is 3.40. The molecule has 2 aromatic carbocycles. The minimum absolute atomic E-state index is 0.210. The largest absolute Gasteiger partial charge is 0.371 e. The van der Waals surface area contributed by atoms with Gasteiger partial charge in [-0.05, 0) is 68.7 Å². The van der Waals surface area contributed by atoms with Crippen LogP contribution in [0.15, 0.2) is 60.9 Å². The van der Waals surface area contributed by atoms with Crippen LogP contribution in [-0.2, 0) is 23.8 Å². The average molecular weight is 553 g/mol. The highest BCUT2D eigenvalue weighted by molar-refractivity contribution is 6.00. The summed E-state index contributed by atoms with van der Waals surface area (Å²) in [5, 5.41) is 30.7. The number of carbonyl (C=O) groups excluding carboxylic acids is 2. The molecular weight excluding hydrogens is 520 g/mol. The van der Waals surface area contributed by atoms with Crippen molar-refractivity contribution in [2.45, 2.75) is 51.9 Å². The molecule has 5 rings (SSSR count). The summed E-state index contributed by atoms with van der Waals surface area (Å²) in [4.78, 5) is 32.8. The van der Waals surface area contributed by atoms with Crippen LogP contribution >= 0.6 is 0 Å². The van der Waals surface area contributed by atoms with Crippen molar-refractivity contribution >= 4 is 29.3 Å². The second kappa shape index (κ2) is 10.6. The number of hydrogen-bond acceptors (Lipinski definition) is 7. The highest BCUT2D eigenvalue weighted by Gasteiger charge is 2.50. The molecule has 1 unspecified atom stereocenters. The molecule has 0 fully saturated rings. The fourth-order valence-electron chi connectivity index (χ4n) is 5.37. The number of aromatic nitrogens is 4. The summed E-state index contributed by atoms with van der Waals surface area (Å²) in [7, 11) is 1.70. The summed E-state index contributed by atoms with van der Waals surface area (Å²) >= 11 is 0. The number of benzene rings is 2. The van der Waals surface area contributed by atoms with Crippen molar-refractivity contribution in [1.82, 2.24) is 24.6 Å². The van der Waals surface area contributed by atoms with Crippen molar-refractivity contribution in [1.29, 1.82) is 5.26 Å². The van der Waals surface area contributed by atoms with E-state index in [1.165, 1.54) is 10.9 Å². The predicted molar refractivity (Wildman–Crippen MR) is 154 cm³/mol. The van der Waals surface area contributed by atoms with E-state index in [1.807, 2.05) is 51.1 Å². The van der Waals surface area contributed by atoms with Crippen molar-refractivity contribution in [3.8, 4) is 6.07 Å². The van der Waals surface area contributed by atoms with Gasteiger partial charge in [-0.2, -0.15) is 10.4 Å². The van der Waals surface area contributed by atoms with E-state index >= 15 is 0 Å². The zero-order valence-electron chi connectivity index (χ0n) is 23.6. The number of rotatable bonds is 7. The fourth-order valence-corrected chi connectivity index (χ4v) is 5.37. The average Bonchev–Trinajstić information content (AvgIpc) is 3.60. The number of amides is 2. The number of nitrogens with one attached hydrogen (secondary N) is 2. The third-order valence-corrected chi connectivity index (χ3v) is 7.45. The first-order valence-corrected chi connectivity index (χ1v) is 13.2. The second-order valence-corrected chi connectivity index (χ2v) is 10.7. The molecule has 4 aromatic rings. The zero-order chi connectivity index (χ0) is 29.5. The summed E-state index contributed by atoms with van der Waals surface area (Å²) in [6.07, 6.45) is 2.31. The van der Waals surface area contributed by atoms with Crippen LogP contribution in [0.25, 0.3) is 0 Å². The third kappa shape index (κ3) is 5.05. The lowest BCUT2D eigenvalue weighted by molar-refractivity contribution is -0.117. The van der Waals surface area contributed by atoms with Gasteiger partial charge in [0.2, 0.25) is 11.9 Å². The smallest absolute Gasteiger partial charge is 0.270 e. The molecule has 0 spiro atoms. The van der Waals surface area contributed by atoms with Gasteiger partial charge in [-0.3, -0.25) is 23.7 Å². The summed E-state index contributed by atoms with van der Waals surface area (Å²) in [6, 6.07) is 16.0. The molecule has 210 valence electrons. The Bertz CT molecular complexity index is 1650. The van der Waals surface area contributed by atoms with Gasteiger partial charge in [0.1, 0.15) is 17.6 Å². The first-order chi connectivity index (χ1) is 19.5. The van der Waals surface area contributed by atoms with Crippen molar-refractivity contribution in [3.63, 3.8) is 0 Å². The van der Waals surface area contributed by atoms with Crippen LogP contribution in [0, 0.1) is 25.2 Å². The van der Waals surface area contributed by atoms with E-state index in [4.69, 9.17) is 0 Å². The number of fused-ring (bicyclic) bond motifs is 1. The van der Waals surface area contributed by atoms with E-state index in [2.05, 4.69) is 26.8 Å². The highest BCUT2D eigenvalue weighted by Crippen LogP contribution is 2.45. The molecule has 3 heterocycles. The summed E-state index contributed by atoms with van der Waals surface area (Å²) in [5.74, 6) is 0.0108. The molecule has 0 radical (unpaired) electrons. The van der Waals surface area contributed by atoms with Crippen molar-refractivity contribution in [2.75, 3.05) is 10.2 Å². The van der Waals surface area contributed by atoms with Crippen LogP contribution in [0.1, 0.15) is 46.6 Å². The molecule has 11 heteroatoms. The van der Waals surface area contributed by atoms with Gasteiger partial charge in [0.25, 0.3) is 5.91 Å². The van der Waals surface area contributed by atoms with E-state index in [0.717, 1.165) is 22.4 Å². The van der Waals surface area contributed by atoms with Gasteiger partial charge < -0.3 is 15.7 Å². The van der Waals surface area contributed by atoms with Crippen LogP contribution in [0.3, 0.4) is 0 Å². The maximum Gasteiger partial charge on any atom is 0.270 e. The number of aliphatic hydroxyl groups is 1. The first kappa shape index (κ1) is 27.6. The van der Waals surface area contributed by atoms with Gasteiger partial charge in [0.15, 0.2) is 6.23 Å². The van der Waals surface area contributed by atoms with E-state index in [0.29, 0.717) is 23.8 Å². The summed E-state index contributed by atoms with van der Waals surface area (Å²) < 4.78 is 3.27. The molecule has 0 saturated heterocycles. The van der Waals surface area contributed by atoms with E-state index in [1.54, 1.807) is 47.8 Å². The van der Waals surface area contributed by atoms with Gasteiger partial charge >= 0.3 is 0 Å². The first-order valence-electron chi connectivity index (χ1n) is 13.2. The van der Waals surface area contributed by atoms with Crippen molar-refractivity contribution in [3.05, 3.63) is 88.9 Å². The van der Waals surface area contributed by atoms with E-state index in [9.17, 15) is 20.0 Å². The number of aryl methyl sites for hydroxylation is 3. The normalized spacial score (nSPS) is 18.5. The van der Waals surface area contributed by atoms with Gasteiger partial charge in [-0.25, -0.2) is 4.98 Å². The van der Waals surface area contributed by atoms with E-state index in [-0.39, 0.29) is 5.69 Å². The highest BCUT2D eigenvalue weighted by atomic mass is 16.3. The number of anilines is 3. The molecule has 0 aliphatic carbocycles. The van der Waals surface area contributed by atoms with Gasteiger partial charge in [-0.1, -0.05) is 18.2 Å².